The van der Waals surface area contributed by atoms with Crippen molar-refractivity contribution in [3.8, 4) is 0 Å². The second kappa shape index (κ2) is 5.55. The number of ether oxygens (including phenoxy) is 2. The van der Waals surface area contributed by atoms with Crippen LogP contribution >= 0.6 is 0 Å². The van der Waals surface area contributed by atoms with Crippen LogP contribution in [-0.4, -0.2) is 44.4 Å². The lowest BCUT2D eigenvalue weighted by Gasteiger charge is -2.59. The minimum absolute atomic E-state index is 0.0106. The standard InChI is InChI=1S/C13H26N2O3/c1-12(2)10(7-13(12,3)18-5)15-11(16)6-9(8-14)17-4/h9-10H,6-8,14H2,1-5H3,(H,15,16). The van der Waals surface area contributed by atoms with Crippen molar-refractivity contribution in [3.63, 3.8) is 0 Å². The topological polar surface area (TPSA) is 73.6 Å². The predicted octanol–water partition coefficient (Wildman–Crippen LogP) is 0.670. The van der Waals surface area contributed by atoms with Gasteiger partial charge in [0, 0.05) is 32.2 Å². The largest absolute Gasteiger partial charge is 0.380 e. The number of hydrogen-bond donors (Lipinski definition) is 2. The van der Waals surface area contributed by atoms with Crippen molar-refractivity contribution in [1.29, 1.82) is 0 Å². The van der Waals surface area contributed by atoms with Gasteiger partial charge in [-0.1, -0.05) is 13.8 Å². The van der Waals surface area contributed by atoms with Gasteiger partial charge in [0.25, 0.3) is 0 Å². The number of rotatable bonds is 6. The van der Waals surface area contributed by atoms with Gasteiger partial charge in [-0.2, -0.15) is 0 Å². The summed E-state index contributed by atoms with van der Waals surface area (Å²) in [5.74, 6) is -0.0106. The van der Waals surface area contributed by atoms with Crippen LogP contribution in [0, 0.1) is 5.41 Å². The van der Waals surface area contributed by atoms with Crippen molar-refractivity contribution >= 4 is 5.91 Å². The molecule has 0 aromatic carbocycles. The molecule has 0 spiro atoms. The van der Waals surface area contributed by atoms with E-state index in [1.807, 2.05) is 0 Å². The highest BCUT2D eigenvalue weighted by Crippen LogP contribution is 2.51. The molecule has 1 aliphatic carbocycles. The molecular formula is C13H26N2O3. The summed E-state index contributed by atoms with van der Waals surface area (Å²) >= 11 is 0. The van der Waals surface area contributed by atoms with Crippen molar-refractivity contribution in [2.75, 3.05) is 20.8 Å². The van der Waals surface area contributed by atoms with Gasteiger partial charge < -0.3 is 20.5 Å². The van der Waals surface area contributed by atoms with Gasteiger partial charge in [-0.25, -0.2) is 0 Å². The van der Waals surface area contributed by atoms with E-state index >= 15 is 0 Å². The number of hydrogen-bond acceptors (Lipinski definition) is 4. The van der Waals surface area contributed by atoms with Gasteiger partial charge in [0.15, 0.2) is 0 Å². The average molecular weight is 258 g/mol. The van der Waals surface area contributed by atoms with Gasteiger partial charge in [-0.3, -0.25) is 4.79 Å². The van der Waals surface area contributed by atoms with Crippen LogP contribution in [0.15, 0.2) is 0 Å². The molecule has 1 saturated carbocycles. The third-order valence-corrected chi connectivity index (χ3v) is 4.62. The molecule has 5 heteroatoms. The molecule has 106 valence electrons. The average Bonchev–Trinajstić information content (AvgIpc) is 2.34. The molecule has 1 amide bonds. The molecule has 0 aromatic rings. The summed E-state index contributed by atoms with van der Waals surface area (Å²) < 4.78 is 10.6. The molecule has 1 fully saturated rings. The fourth-order valence-electron chi connectivity index (χ4n) is 2.45. The van der Waals surface area contributed by atoms with Crippen LogP contribution in [0.2, 0.25) is 0 Å². The fourth-order valence-corrected chi connectivity index (χ4v) is 2.45. The van der Waals surface area contributed by atoms with Crippen LogP contribution in [0.4, 0.5) is 0 Å². The third-order valence-electron chi connectivity index (χ3n) is 4.62. The highest BCUT2D eigenvalue weighted by Gasteiger charge is 2.58. The second-order valence-corrected chi connectivity index (χ2v) is 5.78. The highest BCUT2D eigenvalue weighted by molar-refractivity contribution is 5.77. The first kappa shape index (κ1) is 15.4. The van der Waals surface area contributed by atoms with Crippen LogP contribution in [0.1, 0.15) is 33.6 Å². The molecule has 0 saturated heterocycles. The van der Waals surface area contributed by atoms with E-state index in [-0.39, 0.29) is 29.1 Å². The maximum atomic E-state index is 11.9. The molecule has 3 N–H and O–H groups in total. The summed E-state index contributed by atoms with van der Waals surface area (Å²) in [5, 5.41) is 3.04. The SMILES string of the molecule is COC(CN)CC(=O)NC1CC(C)(OC)C1(C)C. The van der Waals surface area contributed by atoms with E-state index in [1.165, 1.54) is 0 Å². The number of nitrogens with one attached hydrogen (secondary N) is 1. The van der Waals surface area contributed by atoms with Gasteiger partial charge >= 0.3 is 0 Å². The Balaban J connectivity index is 2.48. The number of carbonyl (C=O) groups is 1. The molecule has 0 radical (unpaired) electrons. The van der Waals surface area contributed by atoms with Crippen LogP contribution in [0.25, 0.3) is 0 Å². The summed E-state index contributed by atoms with van der Waals surface area (Å²) in [6, 6.07) is 0.144. The van der Waals surface area contributed by atoms with E-state index in [2.05, 4.69) is 26.1 Å². The van der Waals surface area contributed by atoms with Gasteiger partial charge in [-0.05, 0) is 13.3 Å². The monoisotopic (exact) mass is 258 g/mol. The number of carbonyl (C=O) groups excluding carboxylic acids is 1. The Kier molecular flexibility index (Phi) is 4.75. The smallest absolute Gasteiger partial charge is 0.222 e. The van der Waals surface area contributed by atoms with Crippen molar-refractivity contribution in [2.24, 2.45) is 11.1 Å². The summed E-state index contributed by atoms with van der Waals surface area (Å²) in [7, 11) is 3.29. The van der Waals surface area contributed by atoms with Crippen molar-refractivity contribution in [2.45, 2.75) is 51.4 Å². The van der Waals surface area contributed by atoms with Crippen molar-refractivity contribution < 1.29 is 14.3 Å². The van der Waals surface area contributed by atoms with Crippen LogP contribution in [-0.2, 0) is 14.3 Å². The lowest BCUT2D eigenvalue weighted by Crippen LogP contribution is -2.68. The molecule has 18 heavy (non-hydrogen) atoms. The molecule has 1 rings (SSSR count). The lowest BCUT2D eigenvalue weighted by atomic mass is 9.56. The van der Waals surface area contributed by atoms with E-state index in [1.54, 1.807) is 14.2 Å². The van der Waals surface area contributed by atoms with E-state index in [4.69, 9.17) is 15.2 Å². The fraction of sp³-hybridized carbons (Fsp3) is 0.923. The van der Waals surface area contributed by atoms with Crippen molar-refractivity contribution in [1.82, 2.24) is 5.32 Å². The molecular weight excluding hydrogens is 232 g/mol. The first-order chi connectivity index (χ1) is 8.30. The predicted molar refractivity (Wildman–Crippen MR) is 70.2 cm³/mol. The number of nitrogens with two attached hydrogens (primary N) is 1. The zero-order chi connectivity index (χ0) is 14.0. The van der Waals surface area contributed by atoms with E-state index in [9.17, 15) is 4.79 Å². The minimum Gasteiger partial charge on any atom is -0.380 e. The molecule has 1 aliphatic rings. The first-order valence-electron chi connectivity index (χ1n) is 6.38. The third kappa shape index (κ3) is 2.68. The number of amides is 1. The molecule has 0 bridgehead atoms. The summed E-state index contributed by atoms with van der Waals surface area (Å²) in [6.45, 7) is 6.66. The van der Waals surface area contributed by atoms with Crippen LogP contribution in [0.5, 0.6) is 0 Å². The van der Waals surface area contributed by atoms with E-state index in [0.29, 0.717) is 13.0 Å². The Morgan fingerprint density at radius 3 is 2.44 bits per heavy atom. The number of methoxy groups -OCH3 is 2. The first-order valence-corrected chi connectivity index (χ1v) is 6.38. The Labute approximate surface area is 109 Å². The molecule has 0 aliphatic heterocycles. The molecule has 0 heterocycles. The lowest BCUT2D eigenvalue weighted by molar-refractivity contribution is -0.182. The zero-order valence-corrected chi connectivity index (χ0v) is 12.1. The normalized spacial score (nSPS) is 31.6. The summed E-state index contributed by atoms with van der Waals surface area (Å²) in [5.41, 5.74) is 5.27. The minimum atomic E-state index is -0.206. The van der Waals surface area contributed by atoms with Gasteiger partial charge in [0.1, 0.15) is 0 Å². The van der Waals surface area contributed by atoms with Gasteiger partial charge in [0.05, 0.1) is 18.1 Å². The summed E-state index contributed by atoms with van der Waals surface area (Å²) in [6.07, 6.45) is 0.938. The maximum Gasteiger partial charge on any atom is 0.222 e. The molecule has 0 aromatic heterocycles. The van der Waals surface area contributed by atoms with E-state index < -0.39 is 0 Å². The summed E-state index contributed by atoms with van der Waals surface area (Å²) in [4.78, 5) is 11.9. The van der Waals surface area contributed by atoms with E-state index in [0.717, 1.165) is 6.42 Å². The van der Waals surface area contributed by atoms with Gasteiger partial charge in [-0.15, -0.1) is 0 Å². The molecule has 3 unspecified atom stereocenters. The second-order valence-electron chi connectivity index (χ2n) is 5.78. The quantitative estimate of drug-likeness (QED) is 0.734. The Bertz CT molecular complexity index is 303. The zero-order valence-electron chi connectivity index (χ0n) is 12.1. The Morgan fingerprint density at radius 2 is 2.06 bits per heavy atom. The Hall–Kier alpha value is -0.650. The molecule has 3 atom stereocenters. The van der Waals surface area contributed by atoms with Crippen LogP contribution in [0.3, 0.4) is 0 Å². The maximum absolute atomic E-state index is 11.9. The molecule has 5 nitrogen and oxygen atoms in total. The highest BCUT2D eigenvalue weighted by atomic mass is 16.5. The Morgan fingerprint density at radius 1 is 1.44 bits per heavy atom. The van der Waals surface area contributed by atoms with Crippen molar-refractivity contribution in [3.05, 3.63) is 0 Å². The van der Waals surface area contributed by atoms with Gasteiger partial charge in [0.2, 0.25) is 5.91 Å². The van der Waals surface area contributed by atoms with Crippen LogP contribution < -0.4 is 11.1 Å².